The Morgan fingerprint density at radius 3 is 2.41 bits per heavy atom. The average molecular weight is 473 g/mol. The Morgan fingerprint density at radius 2 is 1.75 bits per heavy atom. The van der Waals surface area contributed by atoms with Crippen LogP contribution in [0.15, 0.2) is 24.3 Å². The van der Waals surface area contributed by atoms with Crippen LogP contribution < -0.4 is 15.4 Å². The third-order valence-corrected chi connectivity index (χ3v) is 5.50. The Morgan fingerprint density at radius 1 is 1.06 bits per heavy atom. The number of hydrogen-bond acceptors (Lipinski definition) is 8. The van der Waals surface area contributed by atoms with Crippen LogP contribution in [0.4, 0.5) is 4.79 Å². The average Bonchev–Trinajstić information content (AvgIpc) is 2.70. The third kappa shape index (κ3) is 11.1. The molecule has 2 N–H and O–H groups in total. The molecule has 0 aliphatic carbocycles. The third-order valence-electron chi connectivity index (χ3n) is 4.23. The quantitative estimate of drug-likeness (QED) is 0.253. The summed E-state index contributed by atoms with van der Waals surface area (Å²) in [6.45, 7) is 7.25. The van der Waals surface area contributed by atoms with Crippen LogP contribution in [-0.4, -0.2) is 58.4 Å². The second-order valence-corrected chi connectivity index (χ2v) is 9.57. The first-order valence-corrected chi connectivity index (χ1v) is 11.9. The van der Waals surface area contributed by atoms with Crippen LogP contribution in [0.1, 0.15) is 50.9 Å². The van der Waals surface area contributed by atoms with Gasteiger partial charge in [0.2, 0.25) is 5.91 Å². The molecule has 0 heterocycles. The van der Waals surface area contributed by atoms with Gasteiger partial charge in [-0.1, -0.05) is 26.0 Å². The first-order valence-electron chi connectivity index (χ1n) is 10.3. The highest BCUT2D eigenvalue weighted by molar-refractivity contribution is 7.86. The zero-order valence-corrected chi connectivity index (χ0v) is 19.7. The molecule has 0 bridgehead atoms. The maximum Gasteiger partial charge on any atom is 0.412 e. The van der Waals surface area contributed by atoms with Gasteiger partial charge in [0.05, 0.1) is 19.0 Å². The topological polar surface area (TPSA) is 137 Å². The van der Waals surface area contributed by atoms with Gasteiger partial charge in [-0.2, -0.15) is 8.42 Å². The predicted octanol–water partition coefficient (Wildman–Crippen LogP) is 2.24. The highest BCUT2D eigenvalue weighted by Crippen LogP contribution is 2.22. The largest absolute Gasteiger partial charge is 0.462 e. The van der Waals surface area contributed by atoms with Gasteiger partial charge in [-0.3, -0.25) is 8.98 Å². The minimum absolute atomic E-state index is 0.0576. The molecule has 0 saturated carbocycles. The molecular weight excluding hydrogens is 440 g/mol. The summed E-state index contributed by atoms with van der Waals surface area (Å²) in [5.41, 5.74) is -0.400. The molecule has 0 aromatic heterocycles. The van der Waals surface area contributed by atoms with Gasteiger partial charge in [-0.15, -0.1) is 0 Å². The van der Waals surface area contributed by atoms with Crippen LogP contribution in [0.2, 0.25) is 0 Å². The molecule has 1 aromatic rings. The fraction of sp³-hybridized carbons (Fsp3) is 0.571. The van der Waals surface area contributed by atoms with E-state index in [0.717, 1.165) is 0 Å². The van der Waals surface area contributed by atoms with Crippen LogP contribution in [0.25, 0.3) is 0 Å². The number of esters is 1. The summed E-state index contributed by atoms with van der Waals surface area (Å²) >= 11 is 0. The van der Waals surface area contributed by atoms with E-state index in [0.29, 0.717) is 6.42 Å². The first kappa shape index (κ1) is 27.4. The summed E-state index contributed by atoms with van der Waals surface area (Å²) in [5, 5.41) is 5.10. The molecule has 0 fully saturated rings. The van der Waals surface area contributed by atoms with Crippen LogP contribution in [0, 0.1) is 5.41 Å². The SMILES string of the molecule is CCOC(=O)c1ccccc1OC(=O)NCCC(C)(C)COS(=O)(=O)CCCNC(C)=O. The Kier molecular flexibility index (Phi) is 11.1. The van der Waals surface area contributed by atoms with Crippen LogP contribution in [0.3, 0.4) is 0 Å². The lowest BCUT2D eigenvalue weighted by atomic mass is 9.91. The van der Waals surface area contributed by atoms with Gasteiger partial charge in [-0.25, -0.2) is 9.59 Å². The van der Waals surface area contributed by atoms with E-state index in [9.17, 15) is 22.8 Å². The Bertz CT molecular complexity index is 884. The zero-order chi connectivity index (χ0) is 24.2. The molecule has 11 heteroatoms. The maximum absolute atomic E-state index is 12.1. The van der Waals surface area contributed by atoms with E-state index < -0.39 is 27.6 Å². The lowest BCUT2D eigenvalue weighted by Gasteiger charge is -2.24. The van der Waals surface area contributed by atoms with Gasteiger partial charge in [0, 0.05) is 20.0 Å². The highest BCUT2D eigenvalue weighted by Gasteiger charge is 2.23. The summed E-state index contributed by atoms with van der Waals surface area (Å²) in [4.78, 5) is 34.8. The van der Waals surface area contributed by atoms with Crippen molar-refractivity contribution in [3.8, 4) is 5.75 Å². The van der Waals surface area contributed by atoms with E-state index in [1.165, 1.54) is 19.1 Å². The van der Waals surface area contributed by atoms with Crippen molar-refractivity contribution in [2.75, 3.05) is 32.1 Å². The lowest BCUT2D eigenvalue weighted by Crippen LogP contribution is -2.33. The lowest BCUT2D eigenvalue weighted by molar-refractivity contribution is -0.118. The van der Waals surface area contributed by atoms with Crippen molar-refractivity contribution in [2.45, 2.75) is 40.5 Å². The number of amides is 2. The smallest absolute Gasteiger partial charge is 0.412 e. The van der Waals surface area contributed by atoms with E-state index in [1.807, 2.05) is 13.8 Å². The summed E-state index contributed by atoms with van der Waals surface area (Å²) in [6, 6.07) is 6.24. The van der Waals surface area contributed by atoms with Crippen molar-refractivity contribution in [3.63, 3.8) is 0 Å². The monoisotopic (exact) mass is 472 g/mol. The Balaban J connectivity index is 2.44. The van der Waals surface area contributed by atoms with Crippen LogP contribution in [0.5, 0.6) is 5.75 Å². The number of para-hydroxylation sites is 1. The Labute approximate surface area is 189 Å². The number of benzene rings is 1. The minimum atomic E-state index is -3.72. The summed E-state index contributed by atoms with van der Waals surface area (Å²) in [5.74, 6) is -0.933. The van der Waals surface area contributed by atoms with Gasteiger partial charge in [-0.05, 0) is 37.3 Å². The van der Waals surface area contributed by atoms with Crippen molar-refractivity contribution in [2.24, 2.45) is 5.41 Å². The molecule has 2 amide bonds. The number of hydrogen-bond donors (Lipinski definition) is 2. The molecule has 0 radical (unpaired) electrons. The molecule has 180 valence electrons. The molecule has 1 aromatic carbocycles. The van der Waals surface area contributed by atoms with Crippen molar-refractivity contribution >= 4 is 28.1 Å². The fourth-order valence-corrected chi connectivity index (χ4v) is 3.58. The van der Waals surface area contributed by atoms with Gasteiger partial charge >= 0.3 is 12.1 Å². The van der Waals surface area contributed by atoms with Gasteiger partial charge in [0.25, 0.3) is 10.1 Å². The van der Waals surface area contributed by atoms with Crippen molar-refractivity contribution < 1.29 is 36.5 Å². The normalized spacial score (nSPS) is 11.5. The molecule has 0 unspecified atom stereocenters. The van der Waals surface area contributed by atoms with E-state index in [1.54, 1.807) is 19.1 Å². The number of carbonyl (C=O) groups is 3. The number of ether oxygens (including phenoxy) is 2. The molecular formula is C21H32N2O8S. The molecule has 32 heavy (non-hydrogen) atoms. The number of nitrogens with one attached hydrogen (secondary N) is 2. The molecule has 0 saturated heterocycles. The molecule has 0 aliphatic rings. The molecule has 10 nitrogen and oxygen atoms in total. The second kappa shape index (κ2) is 13.0. The second-order valence-electron chi connectivity index (χ2n) is 7.81. The summed E-state index contributed by atoms with van der Waals surface area (Å²) < 4.78 is 39.2. The number of rotatable bonds is 13. The highest BCUT2D eigenvalue weighted by atomic mass is 32.2. The Hall–Kier alpha value is -2.66. The van der Waals surface area contributed by atoms with Crippen molar-refractivity contribution in [1.29, 1.82) is 0 Å². The first-order chi connectivity index (χ1) is 15.0. The van der Waals surface area contributed by atoms with E-state index in [-0.39, 0.29) is 55.7 Å². The standard InChI is InChI=1S/C21H32N2O8S/c1-5-29-19(25)17-9-6-7-10-18(17)31-20(26)23-13-11-21(3,4)15-30-32(27,28)14-8-12-22-16(2)24/h6-7,9-10H,5,8,11-15H2,1-4H3,(H,22,24)(H,23,26). The van der Waals surface area contributed by atoms with E-state index in [2.05, 4.69) is 10.6 Å². The number of carbonyl (C=O) groups excluding carboxylic acids is 3. The van der Waals surface area contributed by atoms with Crippen LogP contribution >= 0.6 is 0 Å². The summed E-state index contributed by atoms with van der Waals surface area (Å²) in [6.07, 6.45) is -0.0736. The fourth-order valence-electron chi connectivity index (χ4n) is 2.47. The maximum atomic E-state index is 12.1. The molecule has 0 atom stereocenters. The predicted molar refractivity (Wildman–Crippen MR) is 118 cm³/mol. The molecule has 0 spiro atoms. The van der Waals surface area contributed by atoms with Gasteiger partial charge < -0.3 is 20.1 Å². The zero-order valence-electron chi connectivity index (χ0n) is 18.9. The molecule has 0 aliphatic heterocycles. The van der Waals surface area contributed by atoms with Crippen LogP contribution in [-0.2, 0) is 23.8 Å². The molecule has 1 rings (SSSR count). The van der Waals surface area contributed by atoms with E-state index >= 15 is 0 Å². The van der Waals surface area contributed by atoms with Gasteiger partial charge in [0.15, 0.2) is 0 Å². The van der Waals surface area contributed by atoms with E-state index in [4.69, 9.17) is 13.7 Å². The summed E-state index contributed by atoms with van der Waals surface area (Å²) in [7, 11) is -3.72. The minimum Gasteiger partial charge on any atom is -0.462 e. The van der Waals surface area contributed by atoms with Gasteiger partial charge in [0.1, 0.15) is 11.3 Å². The van der Waals surface area contributed by atoms with Crippen molar-refractivity contribution in [3.05, 3.63) is 29.8 Å². The van der Waals surface area contributed by atoms with Crippen molar-refractivity contribution in [1.82, 2.24) is 10.6 Å².